The Balaban J connectivity index is 1.79. The SMILES string of the molecule is CCOC(=O)N1CCN(c2nc3c(c(=O)n(C)c(=O)n3C)n2Cc2cccc(C)c2)CC1. The molecular formula is C22H28N6O4. The molecule has 0 atom stereocenters. The Morgan fingerprint density at radius 3 is 2.47 bits per heavy atom. The lowest BCUT2D eigenvalue weighted by atomic mass is 10.1. The number of aryl methyl sites for hydroxylation is 2. The molecule has 10 heteroatoms. The molecule has 3 heterocycles. The van der Waals surface area contributed by atoms with Gasteiger partial charge in [0, 0.05) is 40.3 Å². The normalized spacial score (nSPS) is 14.2. The monoisotopic (exact) mass is 440 g/mol. The largest absolute Gasteiger partial charge is 0.450 e. The van der Waals surface area contributed by atoms with Crippen molar-refractivity contribution in [2.75, 3.05) is 37.7 Å². The highest BCUT2D eigenvalue weighted by atomic mass is 16.6. The molecule has 1 aliphatic heterocycles. The van der Waals surface area contributed by atoms with Crippen molar-refractivity contribution >= 4 is 23.2 Å². The van der Waals surface area contributed by atoms with E-state index in [9.17, 15) is 14.4 Å². The highest BCUT2D eigenvalue weighted by molar-refractivity contribution is 5.75. The third-order valence-electron chi connectivity index (χ3n) is 5.84. The fraction of sp³-hybridized carbons (Fsp3) is 0.455. The Labute approximate surface area is 185 Å². The maximum absolute atomic E-state index is 13.1. The minimum absolute atomic E-state index is 0.323. The van der Waals surface area contributed by atoms with E-state index in [1.54, 1.807) is 18.9 Å². The first kappa shape index (κ1) is 21.7. The number of hydrogen-bond acceptors (Lipinski definition) is 6. The van der Waals surface area contributed by atoms with Crippen molar-refractivity contribution in [3.8, 4) is 0 Å². The van der Waals surface area contributed by atoms with Gasteiger partial charge in [0.15, 0.2) is 11.2 Å². The van der Waals surface area contributed by atoms with Crippen LogP contribution in [0.3, 0.4) is 0 Å². The summed E-state index contributed by atoms with van der Waals surface area (Å²) >= 11 is 0. The van der Waals surface area contributed by atoms with Crippen LogP contribution in [0.5, 0.6) is 0 Å². The van der Waals surface area contributed by atoms with Crippen LogP contribution in [0.2, 0.25) is 0 Å². The summed E-state index contributed by atoms with van der Waals surface area (Å²) < 4.78 is 9.50. The fourth-order valence-corrected chi connectivity index (χ4v) is 4.12. The molecule has 10 nitrogen and oxygen atoms in total. The fourth-order valence-electron chi connectivity index (χ4n) is 4.12. The molecule has 0 radical (unpaired) electrons. The zero-order valence-electron chi connectivity index (χ0n) is 18.9. The van der Waals surface area contributed by atoms with Crippen molar-refractivity contribution in [1.29, 1.82) is 0 Å². The Morgan fingerprint density at radius 2 is 1.81 bits per heavy atom. The van der Waals surface area contributed by atoms with Crippen molar-refractivity contribution < 1.29 is 9.53 Å². The van der Waals surface area contributed by atoms with E-state index in [1.807, 2.05) is 29.7 Å². The summed E-state index contributed by atoms with van der Waals surface area (Å²) in [7, 11) is 3.10. The maximum atomic E-state index is 13.1. The van der Waals surface area contributed by atoms with Gasteiger partial charge in [-0.05, 0) is 19.4 Å². The zero-order valence-corrected chi connectivity index (χ0v) is 18.9. The lowest BCUT2D eigenvalue weighted by Gasteiger charge is -2.34. The molecule has 2 aromatic heterocycles. The molecule has 1 fully saturated rings. The smallest absolute Gasteiger partial charge is 0.409 e. The van der Waals surface area contributed by atoms with Gasteiger partial charge in [0.25, 0.3) is 5.56 Å². The van der Waals surface area contributed by atoms with Gasteiger partial charge in [-0.25, -0.2) is 9.59 Å². The second-order valence-electron chi connectivity index (χ2n) is 8.04. The van der Waals surface area contributed by atoms with Gasteiger partial charge < -0.3 is 14.5 Å². The number of fused-ring (bicyclic) bond motifs is 1. The predicted octanol–water partition coefficient (Wildman–Crippen LogP) is 1.07. The Morgan fingerprint density at radius 1 is 1.09 bits per heavy atom. The molecule has 0 bridgehead atoms. The second-order valence-corrected chi connectivity index (χ2v) is 8.04. The van der Waals surface area contributed by atoms with E-state index < -0.39 is 5.69 Å². The number of anilines is 1. The number of nitrogens with zero attached hydrogens (tertiary/aromatic N) is 6. The van der Waals surface area contributed by atoms with Gasteiger partial charge in [0.2, 0.25) is 5.95 Å². The van der Waals surface area contributed by atoms with Crippen molar-refractivity contribution in [1.82, 2.24) is 23.6 Å². The number of amides is 1. The van der Waals surface area contributed by atoms with Crippen LogP contribution in [0, 0.1) is 6.92 Å². The highest BCUT2D eigenvalue weighted by Crippen LogP contribution is 2.23. The van der Waals surface area contributed by atoms with Crippen LogP contribution in [-0.4, -0.2) is 62.5 Å². The maximum Gasteiger partial charge on any atom is 0.409 e. The van der Waals surface area contributed by atoms with E-state index in [4.69, 9.17) is 9.72 Å². The molecule has 170 valence electrons. The van der Waals surface area contributed by atoms with Crippen LogP contribution in [-0.2, 0) is 25.4 Å². The molecule has 1 aromatic carbocycles. The van der Waals surface area contributed by atoms with Crippen LogP contribution in [0.25, 0.3) is 11.2 Å². The third-order valence-corrected chi connectivity index (χ3v) is 5.84. The first-order chi connectivity index (χ1) is 15.3. The Hall–Kier alpha value is -3.56. The van der Waals surface area contributed by atoms with Gasteiger partial charge >= 0.3 is 11.8 Å². The van der Waals surface area contributed by atoms with E-state index in [1.165, 1.54) is 11.6 Å². The summed E-state index contributed by atoms with van der Waals surface area (Å²) in [5.41, 5.74) is 2.11. The molecule has 4 rings (SSSR count). The van der Waals surface area contributed by atoms with Crippen molar-refractivity contribution in [3.05, 3.63) is 56.2 Å². The Bertz CT molecular complexity index is 1280. The summed E-state index contributed by atoms with van der Waals surface area (Å²) in [4.78, 5) is 46.1. The predicted molar refractivity (Wildman–Crippen MR) is 121 cm³/mol. The molecular weight excluding hydrogens is 412 g/mol. The number of benzene rings is 1. The van der Waals surface area contributed by atoms with E-state index in [2.05, 4.69) is 11.0 Å². The zero-order chi connectivity index (χ0) is 23.0. The van der Waals surface area contributed by atoms with E-state index >= 15 is 0 Å². The van der Waals surface area contributed by atoms with Gasteiger partial charge in [-0.2, -0.15) is 4.98 Å². The van der Waals surface area contributed by atoms with Gasteiger partial charge in [-0.15, -0.1) is 0 Å². The molecule has 0 unspecified atom stereocenters. The lowest BCUT2D eigenvalue weighted by Crippen LogP contribution is -2.49. The molecule has 0 aliphatic carbocycles. The standard InChI is InChI=1S/C22H28N6O4/c1-5-32-22(31)27-11-9-26(10-12-27)20-23-18-17(19(29)25(4)21(30)24(18)3)28(20)14-16-8-6-7-15(2)13-16/h6-8,13H,5,9-12,14H2,1-4H3. The summed E-state index contributed by atoms with van der Waals surface area (Å²) in [6, 6.07) is 8.08. The number of ether oxygens (including phenoxy) is 1. The highest BCUT2D eigenvalue weighted by Gasteiger charge is 2.27. The van der Waals surface area contributed by atoms with Crippen LogP contribution in [0.4, 0.5) is 10.7 Å². The summed E-state index contributed by atoms with van der Waals surface area (Å²) in [5, 5.41) is 0. The quantitative estimate of drug-likeness (QED) is 0.602. The van der Waals surface area contributed by atoms with Gasteiger partial charge in [0.05, 0.1) is 13.2 Å². The average Bonchev–Trinajstić information content (AvgIpc) is 3.16. The minimum atomic E-state index is -0.415. The molecule has 0 N–H and O–H groups in total. The van der Waals surface area contributed by atoms with Crippen molar-refractivity contribution in [3.63, 3.8) is 0 Å². The molecule has 0 saturated carbocycles. The number of piperazine rings is 1. The van der Waals surface area contributed by atoms with Crippen molar-refractivity contribution in [2.24, 2.45) is 14.1 Å². The number of carbonyl (C=O) groups excluding carboxylic acids is 1. The summed E-state index contributed by atoms with van der Waals surface area (Å²) in [6.07, 6.45) is -0.323. The summed E-state index contributed by atoms with van der Waals surface area (Å²) in [6.45, 7) is 6.66. The number of carbonyl (C=O) groups is 1. The molecule has 1 amide bonds. The lowest BCUT2D eigenvalue weighted by molar-refractivity contribution is 0.105. The van der Waals surface area contributed by atoms with Gasteiger partial charge in [0.1, 0.15) is 0 Å². The molecule has 1 aliphatic rings. The van der Waals surface area contributed by atoms with Gasteiger partial charge in [-0.1, -0.05) is 29.8 Å². The number of aromatic nitrogens is 4. The van der Waals surface area contributed by atoms with Crippen LogP contribution >= 0.6 is 0 Å². The number of imidazole rings is 1. The van der Waals surface area contributed by atoms with E-state index in [0.29, 0.717) is 56.4 Å². The topological polar surface area (TPSA) is 94.6 Å². The van der Waals surface area contributed by atoms with Crippen molar-refractivity contribution in [2.45, 2.75) is 20.4 Å². The van der Waals surface area contributed by atoms with E-state index in [-0.39, 0.29) is 11.7 Å². The number of rotatable bonds is 4. The second kappa shape index (κ2) is 8.52. The first-order valence-electron chi connectivity index (χ1n) is 10.7. The van der Waals surface area contributed by atoms with Crippen LogP contribution in [0.15, 0.2) is 33.9 Å². The third kappa shape index (κ3) is 3.76. The minimum Gasteiger partial charge on any atom is -0.450 e. The average molecular weight is 441 g/mol. The molecule has 3 aromatic rings. The Kier molecular flexibility index (Phi) is 5.77. The molecule has 1 saturated heterocycles. The van der Waals surface area contributed by atoms with Crippen LogP contribution < -0.4 is 16.1 Å². The van der Waals surface area contributed by atoms with E-state index in [0.717, 1.165) is 15.7 Å². The first-order valence-corrected chi connectivity index (χ1v) is 10.7. The molecule has 0 spiro atoms. The van der Waals surface area contributed by atoms with Crippen LogP contribution in [0.1, 0.15) is 18.1 Å². The number of hydrogen-bond donors (Lipinski definition) is 0. The summed E-state index contributed by atoms with van der Waals surface area (Å²) in [5.74, 6) is 0.614. The van der Waals surface area contributed by atoms with Gasteiger partial charge in [-0.3, -0.25) is 18.5 Å². The molecule has 32 heavy (non-hydrogen) atoms.